The maximum Gasteiger partial charge on any atom is 0.358 e. The fourth-order valence-corrected chi connectivity index (χ4v) is 3.71. The lowest BCUT2D eigenvalue weighted by Crippen LogP contribution is -2.53. The smallest absolute Gasteiger partial charge is 0.358 e. The van der Waals surface area contributed by atoms with Crippen molar-refractivity contribution in [3.05, 3.63) is 11.9 Å². The number of aromatic nitrogens is 3. The maximum absolute atomic E-state index is 10.8. The van der Waals surface area contributed by atoms with Crippen LogP contribution in [0.2, 0.25) is 0 Å². The predicted molar refractivity (Wildman–Crippen MR) is 78.2 cm³/mol. The lowest BCUT2D eigenvalue weighted by atomic mass is 9.82. The Balaban J connectivity index is 1.46. The van der Waals surface area contributed by atoms with Crippen molar-refractivity contribution in [1.82, 2.24) is 19.9 Å². The molecule has 1 saturated carbocycles. The fraction of sp³-hybridized carbons (Fsp3) is 0.800. The Morgan fingerprint density at radius 1 is 1.29 bits per heavy atom. The number of hydrogen-bond acceptors (Lipinski definition) is 4. The minimum absolute atomic E-state index is 0.0357. The van der Waals surface area contributed by atoms with Crippen molar-refractivity contribution in [2.45, 2.75) is 57.5 Å². The van der Waals surface area contributed by atoms with E-state index in [-0.39, 0.29) is 5.69 Å². The van der Waals surface area contributed by atoms with Gasteiger partial charge in [-0.25, -0.2) is 9.48 Å². The van der Waals surface area contributed by atoms with Crippen LogP contribution in [0.4, 0.5) is 0 Å². The lowest BCUT2D eigenvalue weighted by molar-refractivity contribution is 0.0272. The molecule has 116 valence electrons. The Labute approximate surface area is 125 Å². The van der Waals surface area contributed by atoms with E-state index >= 15 is 0 Å². The van der Waals surface area contributed by atoms with Gasteiger partial charge in [0.2, 0.25) is 0 Å². The Bertz CT molecular complexity index is 488. The van der Waals surface area contributed by atoms with Gasteiger partial charge in [-0.3, -0.25) is 4.90 Å². The quantitative estimate of drug-likeness (QED) is 0.900. The van der Waals surface area contributed by atoms with Crippen molar-refractivity contribution >= 4 is 5.97 Å². The minimum atomic E-state index is -1.01. The lowest BCUT2D eigenvalue weighted by Gasteiger charge is -2.46. The molecule has 1 aromatic rings. The molecule has 1 aliphatic heterocycles. The van der Waals surface area contributed by atoms with Crippen LogP contribution < -0.4 is 0 Å². The molecule has 2 fully saturated rings. The van der Waals surface area contributed by atoms with Gasteiger partial charge in [-0.2, -0.15) is 0 Å². The second kappa shape index (κ2) is 6.13. The SMILES string of the molecule is CCCC1CCC(N2CC(n3cc(C(=O)O)nn3)C2)CC1. The highest BCUT2D eigenvalue weighted by Gasteiger charge is 2.36. The molecule has 2 heterocycles. The summed E-state index contributed by atoms with van der Waals surface area (Å²) in [5.41, 5.74) is 0.0357. The molecule has 3 rings (SSSR count). The van der Waals surface area contributed by atoms with Crippen molar-refractivity contribution < 1.29 is 9.90 Å². The first-order chi connectivity index (χ1) is 10.2. The zero-order valence-electron chi connectivity index (χ0n) is 12.6. The van der Waals surface area contributed by atoms with Crippen LogP contribution in [0.3, 0.4) is 0 Å². The normalized spacial score (nSPS) is 27.5. The highest BCUT2D eigenvalue weighted by Crippen LogP contribution is 2.34. The van der Waals surface area contributed by atoms with Gasteiger partial charge in [0, 0.05) is 19.1 Å². The number of likely N-dealkylation sites (tertiary alicyclic amines) is 1. The van der Waals surface area contributed by atoms with E-state index < -0.39 is 5.97 Å². The van der Waals surface area contributed by atoms with Crippen LogP contribution in [0.5, 0.6) is 0 Å². The first-order valence-corrected chi connectivity index (χ1v) is 8.06. The van der Waals surface area contributed by atoms with Gasteiger partial charge in [0.15, 0.2) is 5.69 Å². The highest BCUT2D eigenvalue weighted by molar-refractivity contribution is 5.84. The second-order valence-corrected chi connectivity index (χ2v) is 6.46. The molecule has 1 aromatic heterocycles. The summed E-state index contributed by atoms with van der Waals surface area (Å²) in [6.07, 6.45) is 9.59. The van der Waals surface area contributed by atoms with Gasteiger partial charge >= 0.3 is 5.97 Å². The first kappa shape index (κ1) is 14.5. The van der Waals surface area contributed by atoms with Crippen LogP contribution in [-0.2, 0) is 0 Å². The molecular weight excluding hydrogens is 268 g/mol. The molecule has 0 unspecified atom stereocenters. The summed E-state index contributed by atoms with van der Waals surface area (Å²) in [4.78, 5) is 13.3. The summed E-state index contributed by atoms with van der Waals surface area (Å²) in [7, 11) is 0. The highest BCUT2D eigenvalue weighted by atomic mass is 16.4. The average Bonchev–Trinajstić information content (AvgIpc) is 2.89. The third kappa shape index (κ3) is 3.10. The molecule has 0 atom stereocenters. The molecule has 2 aliphatic rings. The topological polar surface area (TPSA) is 71.2 Å². The summed E-state index contributed by atoms with van der Waals surface area (Å²) in [6.45, 7) is 4.23. The number of aromatic carboxylic acids is 1. The van der Waals surface area contributed by atoms with Gasteiger partial charge in [0.05, 0.1) is 12.2 Å². The summed E-state index contributed by atoms with van der Waals surface area (Å²) in [5.74, 6) is -0.0663. The van der Waals surface area contributed by atoms with E-state index in [0.29, 0.717) is 6.04 Å². The van der Waals surface area contributed by atoms with Crippen molar-refractivity contribution in [2.24, 2.45) is 5.92 Å². The van der Waals surface area contributed by atoms with E-state index in [9.17, 15) is 4.79 Å². The third-order valence-electron chi connectivity index (χ3n) is 5.02. The van der Waals surface area contributed by atoms with Gasteiger partial charge in [-0.15, -0.1) is 5.10 Å². The molecular formula is C15H24N4O2. The van der Waals surface area contributed by atoms with E-state index in [2.05, 4.69) is 22.1 Å². The molecule has 0 amide bonds. The zero-order chi connectivity index (χ0) is 14.8. The number of nitrogens with zero attached hydrogens (tertiary/aromatic N) is 4. The number of carboxylic acids is 1. The van der Waals surface area contributed by atoms with Gasteiger partial charge in [0.25, 0.3) is 0 Å². The molecule has 6 heteroatoms. The molecule has 21 heavy (non-hydrogen) atoms. The van der Waals surface area contributed by atoms with Crippen LogP contribution in [-0.4, -0.2) is 50.1 Å². The van der Waals surface area contributed by atoms with E-state index in [1.807, 2.05) is 0 Å². The number of rotatable bonds is 5. The summed E-state index contributed by atoms with van der Waals surface area (Å²) in [6, 6.07) is 1.01. The van der Waals surface area contributed by atoms with Gasteiger partial charge < -0.3 is 5.11 Å². The molecule has 0 radical (unpaired) electrons. The Morgan fingerprint density at radius 2 is 2.00 bits per heavy atom. The summed E-state index contributed by atoms with van der Waals surface area (Å²) >= 11 is 0. The van der Waals surface area contributed by atoms with Crippen LogP contribution in [0.1, 0.15) is 62.0 Å². The largest absolute Gasteiger partial charge is 0.476 e. The molecule has 6 nitrogen and oxygen atoms in total. The second-order valence-electron chi connectivity index (χ2n) is 6.46. The Morgan fingerprint density at radius 3 is 2.57 bits per heavy atom. The molecule has 1 aliphatic carbocycles. The van der Waals surface area contributed by atoms with Crippen molar-refractivity contribution in [1.29, 1.82) is 0 Å². The predicted octanol–water partition coefficient (Wildman–Crippen LogP) is 2.19. The van der Waals surface area contributed by atoms with Crippen LogP contribution in [0, 0.1) is 5.92 Å². The number of carboxylic acid groups (broad SMARTS) is 1. The molecule has 0 bridgehead atoms. The Kier molecular flexibility index (Phi) is 4.24. The maximum atomic E-state index is 10.8. The van der Waals surface area contributed by atoms with Crippen LogP contribution >= 0.6 is 0 Å². The fourth-order valence-electron chi connectivity index (χ4n) is 3.71. The third-order valence-corrected chi connectivity index (χ3v) is 5.02. The molecule has 0 spiro atoms. The summed E-state index contributed by atoms with van der Waals surface area (Å²) in [5, 5.41) is 16.5. The molecule has 1 saturated heterocycles. The van der Waals surface area contributed by atoms with Gasteiger partial charge in [-0.05, 0) is 31.6 Å². The number of hydrogen-bond donors (Lipinski definition) is 1. The van der Waals surface area contributed by atoms with Crippen LogP contribution in [0.25, 0.3) is 0 Å². The minimum Gasteiger partial charge on any atom is -0.476 e. The van der Waals surface area contributed by atoms with Crippen LogP contribution in [0.15, 0.2) is 6.20 Å². The number of carbonyl (C=O) groups is 1. The standard InChI is InChI=1S/C15H24N4O2/c1-2-3-11-4-6-12(7-5-11)18-8-13(9-18)19-10-14(15(20)21)16-17-19/h10-13H,2-9H2,1H3,(H,20,21). The zero-order valence-corrected chi connectivity index (χ0v) is 12.6. The molecule has 1 N–H and O–H groups in total. The van der Waals surface area contributed by atoms with Crippen molar-refractivity contribution in [3.63, 3.8) is 0 Å². The van der Waals surface area contributed by atoms with Crippen molar-refractivity contribution in [3.8, 4) is 0 Å². The molecule has 0 aromatic carbocycles. The Hall–Kier alpha value is -1.43. The van der Waals surface area contributed by atoms with E-state index in [0.717, 1.165) is 25.0 Å². The summed E-state index contributed by atoms with van der Waals surface area (Å²) < 4.78 is 1.71. The van der Waals surface area contributed by atoms with E-state index in [1.54, 1.807) is 10.9 Å². The first-order valence-electron chi connectivity index (χ1n) is 8.06. The van der Waals surface area contributed by atoms with Crippen molar-refractivity contribution in [2.75, 3.05) is 13.1 Å². The van der Waals surface area contributed by atoms with Gasteiger partial charge in [0.1, 0.15) is 0 Å². The monoisotopic (exact) mass is 292 g/mol. The van der Waals surface area contributed by atoms with E-state index in [1.165, 1.54) is 38.5 Å². The average molecular weight is 292 g/mol. The van der Waals surface area contributed by atoms with E-state index in [4.69, 9.17) is 5.11 Å². The van der Waals surface area contributed by atoms with Gasteiger partial charge in [-0.1, -0.05) is 25.0 Å².